The standard InChI is InChI=1S/C13H20F3N3O2/c1-2-9-3-5-17-10(7-9)12-18-11(19-21-12)4-6-20-8-13(14,15)16/h9-10,17H,2-8H2,1H3. The third-order valence-corrected chi connectivity index (χ3v) is 3.61. The summed E-state index contributed by atoms with van der Waals surface area (Å²) < 4.78 is 45.5. The quantitative estimate of drug-likeness (QED) is 0.819. The Balaban J connectivity index is 1.78. The number of hydrogen-bond acceptors (Lipinski definition) is 5. The summed E-state index contributed by atoms with van der Waals surface area (Å²) in [5, 5.41) is 7.11. The van der Waals surface area contributed by atoms with E-state index >= 15 is 0 Å². The van der Waals surface area contributed by atoms with E-state index < -0.39 is 12.8 Å². The molecule has 1 aliphatic heterocycles. The summed E-state index contributed by atoms with van der Waals surface area (Å²) in [4.78, 5) is 4.24. The van der Waals surface area contributed by atoms with Crippen LogP contribution < -0.4 is 5.32 Å². The first-order valence-electron chi connectivity index (χ1n) is 7.18. The zero-order chi connectivity index (χ0) is 15.3. The molecule has 1 N–H and O–H groups in total. The predicted octanol–water partition coefficient (Wildman–Crippen LogP) is 2.64. The summed E-state index contributed by atoms with van der Waals surface area (Å²) in [7, 11) is 0. The average molecular weight is 307 g/mol. The molecular formula is C13H20F3N3O2. The first-order valence-corrected chi connectivity index (χ1v) is 7.18. The topological polar surface area (TPSA) is 60.2 Å². The molecule has 0 bridgehead atoms. The second-order valence-corrected chi connectivity index (χ2v) is 5.27. The van der Waals surface area contributed by atoms with Gasteiger partial charge in [-0.3, -0.25) is 0 Å². The molecule has 2 rings (SSSR count). The van der Waals surface area contributed by atoms with E-state index in [0.29, 0.717) is 17.6 Å². The summed E-state index contributed by atoms with van der Waals surface area (Å²) >= 11 is 0. The number of ether oxygens (including phenoxy) is 1. The van der Waals surface area contributed by atoms with E-state index in [1.807, 2.05) is 0 Å². The molecule has 1 aliphatic rings. The Bertz CT molecular complexity index is 437. The second kappa shape index (κ2) is 7.22. The van der Waals surface area contributed by atoms with Crippen LogP contribution in [0.1, 0.15) is 43.9 Å². The number of aromatic nitrogens is 2. The molecule has 0 amide bonds. The van der Waals surface area contributed by atoms with Gasteiger partial charge in [-0.2, -0.15) is 18.2 Å². The van der Waals surface area contributed by atoms with Crippen LogP contribution in [-0.2, 0) is 11.2 Å². The van der Waals surface area contributed by atoms with E-state index in [1.54, 1.807) is 0 Å². The largest absolute Gasteiger partial charge is 0.411 e. The first kappa shape index (κ1) is 16.2. The lowest BCUT2D eigenvalue weighted by atomic mass is 9.90. The van der Waals surface area contributed by atoms with Crippen LogP contribution in [0.4, 0.5) is 13.2 Å². The molecule has 0 radical (unpaired) electrons. The number of nitrogens with one attached hydrogen (secondary N) is 1. The maximum atomic E-state index is 11.9. The van der Waals surface area contributed by atoms with Crippen LogP contribution in [0.3, 0.4) is 0 Å². The summed E-state index contributed by atoms with van der Waals surface area (Å²) in [5.41, 5.74) is 0. The molecule has 0 aromatic carbocycles. The van der Waals surface area contributed by atoms with Gasteiger partial charge in [-0.15, -0.1) is 0 Å². The van der Waals surface area contributed by atoms with Crippen LogP contribution in [0.25, 0.3) is 0 Å². The van der Waals surface area contributed by atoms with Crippen molar-refractivity contribution >= 4 is 0 Å². The normalized spacial score (nSPS) is 23.4. The predicted molar refractivity (Wildman–Crippen MR) is 68.6 cm³/mol. The summed E-state index contributed by atoms with van der Waals surface area (Å²) in [6.45, 7) is 1.74. The van der Waals surface area contributed by atoms with Gasteiger partial charge in [0.1, 0.15) is 6.61 Å². The lowest BCUT2D eigenvalue weighted by Gasteiger charge is -2.27. The third-order valence-electron chi connectivity index (χ3n) is 3.61. The first-order chi connectivity index (χ1) is 9.98. The van der Waals surface area contributed by atoms with Crippen molar-refractivity contribution in [2.75, 3.05) is 19.8 Å². The molecule has 1 aromatic heterocycles. The minimum absolute atomic E-state index is 0.0426. The van der Waals surface area contributed by atoms with Gasteiger partial charge in [0.15, 0.2) is 5.82 Å². The highest BCUT2D eigenvalue weighted by atomic mass is 19.4. The zero-order valence-corrected chi connectivity index (χ0v) is 11.9. The molecule has 0 spiro atoms. The number of hydrogen-bond donors (Lipinski definition) is 1. The van der Waals surface area contributed by atoms with Crippen molar-refractivity contribution in [3.8, 4) is 0 Å². The van der Waals surface area contributed by atoms with Gasteiger partial charge in [0.25, 0.3) is 0 Å². The Morgan fingerprint density at radius 1 is 1.43 bits per heavy atom. The summed E-state index contributed by atoms with van der Waals surface area (Å²) in [6, 6.07) is 0.0426. The Labute approximate surface area is 121 Å². The number of rotatable bonds is 6. The summed E-state index contributed by atoms with van der Waals surface area (Å²) in [5.74, 6) is 1.54. The van der Waals surface area contributed by atoms with Crippen LogP contribution >= 0.6 is 0 Å². The summed E-state index contributed by atoms with van der Waals surface area (Å²) in [6.07, 6.45) is -0.889. The van der Waals surface area contributed by atoms with Gasteiger partial charge in [0.05, 0.1) is 12.6 Å². The Kier molecular flexibility index (Phi) is 5.58. The second-order valence-electron chi connectivity index (χ2n) is 5.27. The lowest BCUT2D eigenvalue weighted by molar-refractivity contribution is -0.173. The van der Waals surface area contributed by atoms with Gasteiger partial charge in [-0.25, -0.2) is 0 Å². The van der Waals surface area contributed by atoms with Crippen molar-refractivity contribution in [1.82, 2.24) is 15.5 Å². The number of nitrogens with zero attached hydrogens (tertiary/aromatic N) is 2. The van der Waals surface area contributed by atoms with Crippen molar-refractivity contribution in [3.63, 3.8) is 0 Å². The number of halogens is 3. The fraction of sp³-hybridized carbons (Fsp3) is 0.846. The number of alkyl halides is 3. The fourth-order valence-electron chi connectivity index (χ4n) is 2.42. The van der Waals surface area contributed by atoms with E-state index in [9.17, 15) is 13.2 Å². The monoisotopic (exact) mass is 307 g/mol. The molecule has 1 saturated heterocycles. The maximum absolute atomic E-state index is 11.9. The third kappa shape index (κ3) is 5.28. The van der Waals surface area contributed by atoms with Crippen LogP contribution in [0.15, 0.2) is 4.52 Å². The molecular weight excluding hydrogens is 287 g/mol. The maximum Gasteiger partial charge on any atom is 0.411 e. The molecule has 21 heavy (non-hydrogen) atoms. The van der Waals surface area contributed by atoms with E-state index in [2.05, 4.69) is 27.1 Å². The molecule has 0 aliphatic carbocycles. The van der Waals surface area contributed by atoms with Crippen molar-refractivity contribution in [2.24, 2.45) is 5.92 Å². The van der Waals surface area contributed by atoms with Crippen LogP contribution in [0, 0.1) is 5.92 Å². The van der Waals surface area contributed by atoms with Gasteiger partial charge in [0, 0.05) is 6.42 Å². The zero-order valence-electron chi connectivity index (χ0n) is 11.9. The Morgan fingerprint density at radius 3 is 2.95 bits per heavy atom. The SMILES string of the molecule is CCC1CCNC(c2nc(CCOCC(F)(F)F)no2)C1. The highest BCUT2D eigenvalue weighted by Crippen LogP contribution is 2.28. The smallest absolute Gasteiger partial charge is 0.372 e. The highest BCUT2D eigenvalue weighted by Gasteiger charge is 2.28. The molecule has 1 aromatic rings. The van der Waals surface area contributed by atoms with E-state index in [4.69, 9.17) is 4.52 Å². The minimum Gasteiger partial charge on any atom is -0.372 e. The van der Waals surface area contributed by atoms with Gasteiger partial charge < -0.3 is 14.6 Å². The average Bonchev–Trinajstić information content (AvgIpc) is 2.91. The van der Waals surface area contributed by atoms with Crippen LogP contribution in [-0.4, -0.2) is 36.1 Å². The minimum atomic E-state index is -4.30. The molecule has 5 nitrogen and oxygen atoms in total. The lowest BCUT2D eigenvalue weighted by Crippen LogP contribution is -2.31. The highest BCUT2D eigenvalue weighted by molar-refractivity contribution is 4.95. The fourth-order valence-corrected chi connectivity index (χ4v) is 2.42. The van der Waals surface area contributed by atoms with E-state index in [0.717, 1.165) is 25.8 Å². The molecule has 120 valence electrons. The van der Waals surface area contributed by atoms with Crippen molar-refractivity contribution < 1.29 is 22.4 Å². The molecule has 8 heteroatoms. The van der Waals surface area contributed by atoms with E-state index in [-0.39, 0.29) is 19.1 Å². The molecule has 2 atom stereocenters. The molecule has 2 unspecified atom stereocenters. The van der Waals surface area contributed by atoms with Gasteiger partial charge in [-0.05, 0) is 25.3 Å². The van der Waals surface area contributed by atoms with Gasteiger partial charge >= 0.3 is 6.18 Å². The van der Waals surface area contributed by atoms with Crippen LogP contribution in [0.5, 0.6) is 0 Å². The van der Waals surface area contributed by atoms with Crippen LogP contribution in [0.2, 0.25) is 0 Å². The Hall–Kier alpha value is -1.15. The van der Waals surface area contributed by atoms with Crippen molar-refractivity contribution in [1.29, 1.82) is 0 Å². The van der Waals surface area contributed by atoms with Gasteiger partial charge in [0.2, 0.25) is 5.89 Å². The van der Waals surface area contributed by atoms with E-state index in [1.165, 1.54) is 0 Å². The molecule has 1 fully saturated rings. The van der Waals surface area contributed by atoms with Crippen molar-refractivity contribution in [2.45, 2.75) is 44.8 Å². The van der Waals surface area contributed by atoms with Gasteiger partial charge in [-0.1, -0.05) is 18.5 Å². The Morgan fingerprint density at radius 2 is 2.24 bits per heavy atom. The number of piperidine rings is 1. The van der Waals surface area contributed by atoms with Crippen molar-refractivity contribution in [3.05, 3.63) is 11.7 Å². The molecule has 2 heterocycles. The molecule has 0 saturated carbocycles.